The van der Waals surface area contributed by atoms with Crippen molar-refractivity contribution in [1.82, 2.24) is 15.1 Å². The van der Waals surface area contributed by atoms with Gasteiger partial charge < -0.3 is 19.9 Å². The van der Waals surface area contributed by atoms with Crippen molar-refractivity contribution in [2.24, 2.45) is 5.41 Å². The highest BCUT2D eigenvalue weighted by molar-refractivity contribution is 5.86. The smallest absolute Gasteiger partial charge is 0.317 e. The van der Waals surface area contributed by atoms with E-state index < -0.39 is 5.41 Å². The molecule has 2 aliphatic heterocycles. The van der Waals surface area contributed by atoms with E-state index in [9.17, 15) is 9.59 Å². The maximum atomic E-state index is 13.2. The van der Waals surface area contributed by atoms with E-state index in [1.807, 2.05) is 43.0 Å². The predicted molar refractivity (Wildman–Crippen MR) is 99.9 cm³/mol. The van der Waals surface area contributed by atoms with Crippen LogP contribution in [0.3, 0.4) is 0 Å². The van der Waals surface area contributed by atoms with Gasteiger partial charge in [-0.2, -0.15) is 0 Å². The summed E-state index contributed by atoms with van der Waals surface area (Å²) >= 11 is 0. The summed E-state index contributed by atoms with van der Waals surface area (Å²) in [4.78, 5) is 29.3. The third-order valence-electron chi connectivity index (χ3n) is 5.38. The maximum Gasteiger partial charge on any atom is 0.317 e. The Morgan fingerprint density at radius 3 is 2.85 bits per heavy atom. The first-order chi connectivity index (χ1) is 12.4. The third kappa shape index (κ3) is 3.79. The Kier molecular flexibility index (Phi) is 5.39. The molecule has 1 aromatic carbocycles. The Bertz CT molecular complexity index is 676. The van der Waals surface area contributed by atoms with Gasteiger partial charge in [0, 0.05) is 32.2 Å². The molecule has 0 radical (unpaired) electrons. The second-order valence-corrected chi connectivity index (χ2v) is 7.74. The van der Waals surface area contributed by atoms with Crippen LogP contribution in [-0.4, -0.2) is 54.5 Å². The fraction of sp³-hybridized carbons (Fsp3) is 0.600. The van der Waals surface area contributed by atoms with E-state index in [2.05, 4.69) is 5.32 Å². The van der Waals surface area contributed by atoms with Gasteiger partial charge in [0.05, 0.1) is 12.5 Å². The first kappa shape index (κ1) is 18.5. The van der Waals surface area contributed by atoms with Gasteiger partial charge in [-0.1, -0.05) is 12.1 Å². The van der Waals surface area contributed by atoms with Crippen LogP contribution in [0, 0.1) is 5.41 Å². The normalized spacial score (nSPS) is 23.0. The van der Waals surface area contributed by atoms with Gasteiger partial charge in [0.2, 0.25) is 5.91 Å². The molecule has 2 heterocycles. The van der Waals surface area contributed by atoms with Crippen molar-refractivity contribution in [2.45, 2.75) is 45.7 Å². The molecule has 0 unspecified atom stereocenters. The van der Waals surface area contributed by atoms with Crippen LogP contribution in [0.15, 0.2) is 24.3 Å². The zero-order valence-corrected chi connectivity index (χ0v) is 16.0. The summed E-state index contributed by atoms with van der Waals surface area (Å²) in [5.74, 6) is 0.991. The van der Waals surface area contributed by atoms with E-state index in [-0.39, 0.29) is 18.0 Å². The number of methoxy groups -OCH3 is 1. The fourth-order valence-electron chi connectivity index (χ4n) is 4.06. The van der Waals surface area contributed by atoms with E-state index in [0.717, 1.165) is 37.1 Å². The topological polar surface area (TPSA) is 61.9 Å². The summed E-state index contributed by atoms with van der Waals surface area (Å²) in [6.07, 6.45) is 2.60. The summed E-state index contributed by atoms with van der Waals surface area (Å²) in [5.41, 5.74) is 0.660. The van der Waals surface area contributed by atoms with E-state index in [0.29, 0.717) is 19.6 Å². The van der Waals surface area contributed by atoms with Crippen molar-refractivity contribution in [3.63, 3.8) is 0 Å². The number of likely N-dealkylation sites (tertiary alicyclic amines) is 2. The molecule has 1 spiro atoms. The van der Waals surface area contributed by atoms with Crippen LogP contribution in [0.1, 0.15) is 38.7 Å². The highest BCUT2D eigenvalue weighted by atomic mass is 16.5. The van der Waals surface area contributed by atoms with Gasteiger partial charge in [-0.25, -0.2) is 4.79 Å². The van der Waals surface area contributed by atoms with E-state index in [1.54, 1.807) is 12.0 Å². The number of hydrogen-bond donors (Lipinski definition) is 1. The number of carbonyl (C=O) groups excluding carboxylic acids is 2. The predicted octanol–water partition coefficient (Wildman–Crippen LogP) is 2.63. The van der Waals surface area contributed by atoms with Crippen molar-refractivity contribution in [3.8, 4) is 5.75 Å². The number of amides is 3. The van der Waals surface area contributed by atoms with E-state index in [1.165, 1.54) is 0 Å². The molecule has 6 heteroatoms. The van der Waals surface area contributed by atoms with E-state index >= 15 is 0 Å². The van der Waals surface area contributed by atoms with Gasteiger partial charge in [0.1, 0.15) is 5.75 Å². The highest BCUT2D eigenvalue weighted by Crippen LogP contribution is 2.40. The lowest BCUT2D eigenvalue weighted by Crippen LogP contribution is -2.51. The van der Waals surface area contributed by atoms with Crippen molar-refractivity contribution in [3.05, 3.63) is 29.8 Å². The lowest BCUT2D eigenvalue weighted by Gasteiger charge is -2.39. The second-order valence-electron chi connectivity index (χ2n) is 7.74. The number of urea groups is 1. The SMILES string of the molecule is COc1cccc(CN2CCC[C@]3(CCN(C(=O)NC(C)C)C3)C2=O)c1. The Morgan fingerprint density at radius 1 is 1.31 bits per heavy atom. The van der Waals surface area contributed by atoms with Gasteiger partial charge in [-0.05, 0) is 50.8 Å². The first-order valence-electron chi connectivity index (χ1n) is 9.41. The van der Waals surface area contributed by atoms with Crippen molar-refractivity contribution in [2.75, 3.05) is 26.7 Å². The molecule has 26 heavy (non-hydrogen) atoms. The van der Waals surface area contributed by atoms with Gasteiger partial charge in [0.25, 0.3) is 0 Å². The molecular formula is C20H29N3O3. The van der Waals surface area contributed by atoms with Crippen molar-refractivity contribution in [1.29, 1.82) is 0 Å². The van der Waals surface area contributed by atoms with E-state index in [4.69, 9.17) is 4.74 Å². The molecule has 0 aliphatic carbocycles. The van der Waals surface area contributed by atoms with Gasteiger partial charge in [-0.15, -0.1) is 0 Å². The molecular weight excluding hydrogens is 330 g/mol. The number of nitrogens with zero attached hydrogens (tertiary/aromatic N) is 2. The van der Waals surface area contributed by atoms with Crippen LogP contribution in [-0.2, 0) is 11.3 Å². The van der Waals surface area contributed by atoms with Crippen LogP contribution < -0.4 is 10.1 Å². The Morgan fingerprint density at radius 2 is 2.12 bits per heavy atom. The maximum absolute atomic E-state index is 13.2. The molecule has 1 atom stereocenters. The average Bonchev–Trinajstić information content (AvgIpc) is 3.04. The van der Waals surface area contributed by atoms with Gasteiger partial charge in [-0.3, -0.25) is 4.79 Å². The lowest BCUT2D eigenvalue weighted by molar-refractivity contribution is -0.146. The minimum Gasteiger partial charge on any atom is -0.497 e. The second kappa shape index (κ2) is 7.56. The molecule has 3 rings (SSSR count). The number of ether oxygens (including phenoxy) is 1. The molecule has 2 aliphatic rings. The molecule has 0 saturated carbocycles. The van der Waals surface area contributed by atoms with Gasteiger partial charge in [0.15, 0.2) is 0 Å². The van der Waals surface area contributed by atoms with Crippen molar-refractivity contribution >= 4 is 11.9 Å². The molecule has 0 bridgehead atoms. The number of hydrogen-bond acceptors (Lipinski definition) is 3. The van der Waals surface area contributed by atoms with Gasteiger partial charge >= 0.3 is 6.03 Å². The fourth-order valence-corrected chi connectivity index (χ4v) is 4.06. The summed E-state index contributed by atoms with van der Waals surface area (Å²) in [5, 5.41) is 2.93. The summed E-state index contributed by atoms with van der Waals surface area (Å²) in [6.45, 7) is 6.44. The highest BCUT2D eigenvalue weighted by Gasteiger charge is 2.49. The van der Waals surface area contributed by atoms with Crippen LogP contribution in [0.4, 0.5) is 4.79 Å². The number of carbonyl (C=O) groups is 2. The number of nitrogens with one attached hydrogen (secondary N) is 1. The Labute approximate surface area is 155 Å². The standard InChI is InChI=1S/C20H29N3O3/c1-15(2)21-19(25)23-11-9-20(14-23)8-5-10-22(18(20)24)13-16-6-4-7-17(12-16)26-3/h4,6-7,12,15H,5,8-11,13-14H2,1-3H3,(H,21,25)/t20-/m1/s1. The molecule has 142 valence electrons. The van der Waals surface area contributed by atoms with Crippen LogP contribution in [0.25, 0.3) is 0 Å². The minimum absolute atomic E-state index is 0.0606. The zero-order chi connectivity index (χ0) is 18.7. The zero-order valence-electron chi connectivity index (χ0n) is 16.0. The number of piperidine rings is 1. The third-order valence-corrected chi connectivity index (χ3v) is 5.38. The molecule has 1 N–H and O–H groups in total. The minimum atomic E-state index is -0.411. The molecule has 3 amide bonds. The molecule has 2 fully saturated rings. The van der Waals surface area contributed by atoms with Crippen LogP contribution in [0.2, 0.25) is 0 Å². The van der Waals surface area contributed by atoms with Crippen LogP contribution in [0.5, 0.6) is 5.75 Å². The first-order valence-corrected chi connectivity index (χ1v) is 9.41. The van der Waals surface area contributed by atoms with Crippen LogP contribution >= 0.6 is 0 Å². The molecule has 6 nitrogen and oxygen atoms in total. The quantitative estimate of drug-likeness (QED) is 0.899. The summed E-state index contributed by atoms with van der Waals surface area (Å²) < 4.78 is 5.28. The summed E-state index contributed by atoms with van der Waals surface area (Å²) in [6, 6.07) is 7.90. The molecule has 2 saturated heterocycles. The molecule has 0 aromatic heterocycles. The Hall–Kier alpha value is -2.24. The Balaban J connectivity index is 1.68. The largest absolute Gasteiger partial charge is 0.497 e. The number of benzene rings is 1. The lowest BCUT2D eigenvalue weighted by atomic mass is 9.78. The van der Waals surface area contributed by atoms with Crippen molar-refractivity contribution < 1.29 is 14.3 Å². The summed E-state index contributed by atoms with van der Waals surface area (Å²) in [7, 11) is 1.65. The monoisotopic (exact) mass is 359 g/mol. The molecule has 1 aromatic rings. The average molecular weight is 359 g/mol. The number of rotatable bonds is 4.